The Morgan fingerprint density at radius 1 is 0.852 bits per heavy atom. The van der Waals surface area contributed by atoms with E-state index in [4.69, 9.17) is 0 Å². The van der Waals surface area contributed by atoms with Crippen LogP contribution < -0.4 is 24.8 Å². The molecule has 0 radical (unpaired) electrons. The standard InChI is InChI=1S/C20H32O2Si2.2ClH.Zr/c1-16(17-8-6-10-19(17)23(2,3)14-12-21)18-9-7-11-20(18)24(4,5)15-13-22;;;/h8-9,16,21-22H,6-7,12-15H2,1-5H3;2*1H;/q-2;;;+4/p-2. The van der Waals surface area contributed by atoms with Crippen LogP contribution in [0.1, 0.15) is 19.8 Å². The van der Waals surface area contributed by atoms with Crippen LogP contribution in [-0.2, 0) is 26.2 Å². The number of hydrogen-bond acceptors (Lipinski definition) is 2. The Morgan fingerprint density at radius 2 is 1.19 bits per heavy atom. The maximum absolute atomic E-state index is 9.44. The number of rotatable bonds is 8. The molecule has 2 nitrogen and oxygen atoms in total. The van der Waals surface area contributed by atoms with Crippen molar-refractivity contribution in [2.24, 2.45) is 5.92 Å². The Hall–Kier alpha value is 0.777. The molecule has 0 saturated carbocycles. The van der Waals surface area contributed by atoms with Gasteiger partial charge in [0.15, 0.2) is 0 Å². The Morgan fingerprint density at radius 3 is 1.48 bits per heavy atom. The molecule has 2 N–H and O–H groups in total. The Labute approximate surface area is 199 Å². The van der Waals surface area contributed by atoms with Gasteiger partial charge in [0, 0.05) is 29.4 Å². The summed E-state index contributed by atoms with van der Waals surface area (Å²) in [6.07, 6.45) is 13.7. The molecule has 0 unspecified atom stereocenters. The zero-order valence-electron chi connectivity index (χ0n) is 17.1. The summed E-state index contributed by atoms with van der Waals surface area (Å²) < 4.78 is 0. The second kappa shape index (κ2) is 12.5. The molecule has 150 valence electrons. The number of hydrogen-bond donors (Lipinski definition) is 2. The smallest absolute Gasteiger partial charge is 1.00 e. The van der Waals surface area contributed by atoms with E-state index in [1.807, 2.05) is 0 Å². The van der Waals surface area contributed by atoms with Crippen LogP contribution in [0.3, 0.4) is 0 Å². The average molecular weight is 523 g/mol. The van der Waals surface area contributed by atoms with Gasteiger partial charge in [-0.05, 0) is 12.1 Å². The fraction of sp³-hybridized carbons (Fsp3) is 0.600. The average Bonchev–Trinajstić information content (AvgIpc) is 3.16. The second-order valence-electron chi connectivity index (χ2n) is 8.27. The first-order chi connectivity index (χ1) is 11.2. The van der Waals surface area contributed by atoms with E-state index in [1.165, 1.54) is 21.5 Å². The van der Waals surface area contributed by atoms with Crippen molar-refractivity contribution >= 4 is 16.1 Å². The molecule has 27 heavy (non-hydrogen) atoms. The molecule has 0 atom stereocenters. The van der Waals surface area contributed by atoms with Crippen LogP contribution in [0.2, 0.25) is 38.3 Å². The summed E-state index contributed by atoms with van der Waals surface area (Å²) in [5, 5.41) is 21.7. The molecule has 7 heteroatoms. The summed E-state index contributed by atoms with van der Waals surface area (Å²) in [4.78, 5) is 0. The van der Waals surface area contributed by atoms with Gasteiger partial charge in [0.2, 0.25) is 0 Å². The van der Waals surface area contributed by atoms with Crippen molar-refractivity contribution in [3.8, 4) is 0 Å². The quantitative estimate of drug-likeness (QED) is 0.293. The van der Waals surface area contributed by atoms with Crippen LogP contribution in [0, 0.1) is 18.1 Å². The summed E-state index contributed by atoms with van der Waals surface area (Å²) in [5.41, 5.74) is 2.86. The Balaban J connectivity index is 0. The minimum Gasteiger partial charge on any atom is -1.00 e. The van der Waals surface area contributed by atoms with E-state index in [9.17, 15) is 10.2 Å². The first kappa shape index (κ1) is 30.0. The van der Waals surface area contributed by atoms with E-state index in [0.717, 1.165) is 24.9 Å². The monoisotopic (exact) mass is 520 g/mol. The molecule has 0 aromatic rings. The van der Waals surface area contributed by atoms with Gasteiger partial charge in [0.1, 0.15) is 0 Å². The molecule has 0 saturated heterocycles. The van der Waals surface area contributed by atoms with Crippen molar-refractivity contribution in [3.05, 3.63) is 45.8 Å². The van der Waals surface area contributed by atoms with E-state index < -0.39 is 16.1 Å². The summed E-state index contributed by atoms with van der Waals surface area (Å²) in [5.74, 6) is 0.371. The first-order valence-electron chi connectivity index (χ1n) is 9.10. The molecule has 2 aliphatic carbocycles. The molecule has 0 heterocycles. The number of halogens is 2. The Bertz CT molecular complexity index is 559. The molecule has 0 amide bonds. The molecule has 2 rings (SSSR count). The third-order valence-corrected chi connectivity index (χ3v) is 12.1. The minimum atomic E-state index is -1.63. The van der Waals surface area contributed by atoms with E-state index >= 15 is 0 Å². The maximum atomic E-state index is 9.44. The molecule has 0 aromatic heterocycles. The van der Waals surface area contributed by atoms with Crippen LogP contribution in [0.25, 0.3) is 0 Å². The molecule has 0 spiro atoms. The molecule has 0 aliphatic heterocycles. The summed E-state index contributed by atoms with van der Waals surface area (Å²) >= 11 is 0. The van der Waals surface area contributed by atoms with Gasteiger partial charge in [-0.1, -0.05) is 33.1 Å². The van der Waals surface area contributed by atoms with Crippen LogP contribution in [0.4, 0.5) is 0 Å². The predicted octanol–water partition coefficient (Wildman–Crippen LogP) is -1.77. The van der Waals surface area contributed by atoms with Crippen molar-refractivity contribution in [3.63, 3.8) is 0 Å². The fourth-order valence-electron chi connectivity index (χ4n) is 3.96. The van der Waals surface area contributed by atoms with E-state index in [2.05, 4.69) is 57.4 Å². The van der Waals surface area contributed by atoms with Gasteiger partial charge < -0.3 is 35.0 Å². The summed E-state index contributed by atoms with van der Waals surface area (Å²) in [6, 6.07) is 1.80. The van der Waals surface area contributed by atoms with Gasteiger partial charge in [0.05, 0.1) is 0 Å². The molecule has 0 aromatic carbocycles. The fourth-order valence-corrected chi connectivity index (χ4v) is 8.94. The van der Waals surface area contributed by atoms with Gasteiger partial charge in [-0.3, -0.25) is 12.2 Å². The minimum absolute atomic E-state index is 0. The molecule has 0 fully saturated rings. The van der Waals surface area contributed by atoms with Crippen molar-refractivity contribution in [1.82, 2.24) is 0 Å². The van der Waals surface area contributed by atoms with Crippen molar-refractivity contribution in [2.45, 2.75) is 58.0 Å². The Kier molecular flexibility index (Phi) is 13.8. The zero-order valence-corrected chi connectivity index (χ0v) is 23.1. The van der Waals surface area contributed by atoms with Gasteiger partial charge in [0.25, 0.3) is 0 Å². The normalized spacial score (nSPS) is 16.6. The third-order valence-electron chi connectivity index (χ3n) is 5.54. The topological polar surface area (TPSA) is 40.5 Å². The van der Waals surface area contributed by atoms with Crippen LogP contribution in [0.5, 0.6) is 0 Å². The molecule has 0 bridgehead atoms. The van der Waals surface area contributed by atoms with Gasteiger partial charge in [-0.2, -0.15) is 12.2 Å². The van der Waals surface area contributed by atoms with Gasteiger partial charge >= 0.3 is 26.2 Å². The van der Waals surface area contributed by atoms with Crippen LogP contribution in [-0.4, -0.2) is 39.6 Å². The number of aliphatic hydroxyl groups excluding tert-OH is 2. The van der Waals surface area contributed by atoms with Crippen LogP contribution >= 0.6 is 0 Å². The predicted molar refractivity (Wildman–Crippen MR) is 107 cm³/mol. The van der Waals surface area contributed by atoms with Crippen molar-refractivity contribution in [1.29, 1.82) is 0 Å². The van der Waals surface area contributed by atoms with E-state index in [0.29, 0.717) is 5.92 Å². The van der Waals surface area contributed by atoms with Crippen LogP contribution in [0.15, 0.2) is 33.7 Å². The second-order valence-corrected chi connectivity index (χ2v) is 17.8. The largest absolute Gasteiger partial charge is 4.00 e. The van der Waals surface area contributed by atoms with E-state index in [1.54, 1.807) is 0 Å². The van der Waals surface area contributed by atoms with Gasteiger partial charge in [-0.25, -0.2) is 21.5 Å². The summed E-state index contributed by atoms with van der Waals surface area (Å²) in [7, 11) is -3.26. The van der Waals surface area contributed by atoms with E-state index in [-0.39, 0.29) is 64.2 Å². The van der Waals surface area contributed by atoms with Crippen molar-refractivity contribution < 1.29 is 61.2 Å². The zero-order chi connectivity index (χ0) is 18.0. The van der Waals surface area contributed by atoms with Gasteiger partial charge in [-0.15, -0.1) is 18.8 Å². The molecule has 2 aliphatic rings. The number of allylic oxidation sites excluding steroid dienone is 8. The molecular weight excluding hydrogens is 491 g/mol. The van der Waals surface area contributed by atoms with Crippen molar-refractivity contribution in [2.75, 3.05) is 13.2 Å². The number of aliphatic hydroxyl groups is 2. The summed E-state index contributed by atoms with van der Waals surface area (Å²) in [6.45, 7) is 12.2. The SMILES string of the molecule is CC(C1=CC[C-]=C1[Si](C)(C)CCO)C1=CC[C-]=C1[Si](C)(C)CCO.[Cl-].[Cl-].[Zr+4]. The maximum Gasteiger partial charge on any atom is 4.00 e. The third kappa shape index (κ3) is 6.91. The molecular formula is C20H32Cl2O2Si2Zr. The first-order valence-corrected chi connectivity index (χ1v) is 15.5.